The van der Waals surface area contributed by atoms with Gasteiger partial charge < -0.3 is 9.64 Å². The molecule has 4 aromatic rings. The molecule has 0 radical (unpaired) electrons. The normalized spacial score (nSPS) is 15.2. The largest absolute Gasteiger partial charge is 0.495 e. The predicted molar refractivity (Wildman–Crippen MR) is 186 cm³/mol. The van der Waals surface area contributed by atoms with Crippen molar-refractivity contribution in [1.29, 1.82) is 0 Å². The quantitative estimate of drug-likeness (QED) is 0.196. The first-order valence-electron chi connectivity index (χ1n) is 14.6. The smallest absolute Gasteiger partial charge is 0.262 e. The molecule has 234 valence electrons. The third-order valence-electron chi connectivity index (χ3n) is 8.39. The topological polar surface area (TPSA) is 53.8 Å². The van der Waals surface area contributed by atoms with Gasteiger partial charge in [-0.25, -0.2) is 4.98 Å². The molecule has 1 saturated heterocycles. The van der Waals surface area contributed by atoms with E-state index in [2.05, 4.69) is 57.2 Å². The highest BCUT2D eigenvalue weighted by Crippen LogP contribution is 2.32. The lowest BCUT2D eigenvalue weighted by Gasteiger charge is -2.36. The van der Waals surface area contributed by atoms with Gasteiger partial charge in [-0.1, -0.05) is 42.5 Å². The van der Waals surface area contributed by atoms with Crippen molar-refractivity contribution in [3.05, 3.63) is 87.3 Å². The minimum Gasteiger partial charge on any atom is -0.495 e. The molecule has 1 fully saturated rings. The van der Waals surface area contributed by atoms with Gasteiger partial charge in [0.05, 0.1) is 24.5 Å². The number of rotatable bonds is 10. The van der Waals surface area contributed by atoms with Crippen molar-refractivity contribution in [3.63, 3.8) is 0 Å². The fourth-order valence-electron chi connectivity index (χ4n) is 6.08. The fraction of sp³-hybridized carbons (Fsp3) is 0.438. The molecule has 2 aliphatic rings. The van der Waals surface area contributed by atoms with Crippen molar-refractivity contribution >= 4 is 64.5 Å². The lowest BCUT2D eigenvalue weighted by Crippen LogP contribution is -2.47. The van der Waals surface area contributed by atoms with E-state index in [4.69, 9.17) is 9.72 Å². The number of benzene rings is 2. The third-order valence-corrected chi connectivity index (χ3v) is 9.52. The van der Waals surface area contributed by atoms with Gasteiger partial charge in [0.25, 0.3) is 5.56 Å². The molecule has 7 nitrogen and oxygen atoms in total. The zero-order chi connectivity index (χ0) is 27.3. The van der Waals surface area contributed by atoms with Crippen LogP contribution in [0.3, 0.4) is 0 Å². The number of nitrogens with zero attached hydrogens (tertiary/aromatic N) is 5. The number of para-hydroxylation sites is 2. The van der Waals surface area contributed by atoms with Crippen LogP contribution >= 0.6 is 48.6 Å². The second kappa shape index (κ2) is 16.7. The van der Waals surface area contributed by atoms with Gasteiger partial charge in [-0.2, -0.15) is 0 Å². The van der Waals surface area contributed by atoms with Gasteiger partial charge in [0, 0.05) is 57.2 Å². The number of piperazine rings is 1. The standard InChI is InChI=1S/C32H39N5O2S.3ClH/c1-39-28-13-6-5-12-27(28)36-20-17-34(18-21-36)19-22-37-24-33-31-30(32(37)38)26-14-16-35(23-29(26)40-31)15-8-7-11-25-9-3-2-4-10-25;;;/h2-6,9-10,12-13,24H,7-8,11,14-23H2,1H3;3*1H. The number of unbranched alkanes of at least 4 members (excludes halogenated alkanes) is 1. The first kappa shape index (κ1) is 35.2. The van der Waals surface area contributed by atoms with Crippen molar-refractivity contribution in [2.24, 2.45) is 0 Å². The Bertz CT molecular complexity index is 1490. The van der Waals surface area contributed by atoms with E-state index in [0.717, 1.165) is 86.9 Å². The highest BCUT2D eigenvalue weighted by Gasteiger charge is 2.24. The lowest BCUT2D eigenvalue weighted by atomic mass is 10.0. The van der Waals surface area contributed by atoms with E-state index in [9.17, 15) is 4.79 Å². The van der Waals surface area contributed by atoms with Gasteiger partial charge in [-0.15, -0.1) is 48.6 Å². The molecule has 0 atom stereocenters. The SMILES string of the molecule is COc1ccccc1N1CCN(CCn2cnc3sc4c(c3c2=O)CCN(CCCCc2ccccc2)C4)CC1.Cl.Cl.Cl. The number of anilines is 1. The van der Waals surface area contributed by atoms with E-state index in [1.54, 1.807) is 24.8 Å². The van der Waals surface area contributed by atoms with Crippen molar-refractivity contribution in [2.45, 2.75) is 38.8 Å². The summed E-state index contributed by atoms with van der Waals surface area (Å²) in [5.41, 5.74) is 3.96. The number of ether oxygens (including phenoxy) is 1. The molecule has 0 bridgehead atoms. The third kappa shape index (κ3) is 8.24. The van der Waals surface area contributed by atoms with Crippen LogP contribution in [0.4, 0.5) is 5.69 Å². The lowest BCUT2D eigenvalue weighted by molar-refractivity contribution is 0.246. The Balaban J connectivity index is 0.00000169. The van der Waals surface area contributed by atoms with Crippen molar-refractivity contribution in [1.82, 2.24) is 19.4 Å². The molecule has 0 aliphatic carbocycles. The number of thiophene rings is 1. The average Bonchev–Trinajstić information content (AvgIpc) is 3.38. The van der Waals surface area contributed by atoms with Crippen LogP contribution in [-0.4, -0.2) is 72.3 Å². The zero-order valence-electron chi connectivity index (χ0n) is 24.7. The maximum atomic E-state index is 13.5. The van der Waals surface area contributed by atoms with Gasteiger partial charge in [0.2, 0.25) is 0 Å². The van der Waals surface area contributed by atoms with E-state index in [1.165, 1.54) is 28.8 Å². The fourth-order valence-corrected chi connectivity index (χ4v) is 7.30. The summed E-state index contributed by atoms with van der Waals surface area (Å²) >= 11 is 1.72. The van der Waals surface area contributed by atoms with Crippen LogP contribution in [-0.2, 0) is 25.9 Å². The Kier molecular flexibility index (Phi) is 13.6. The number of hydrogen-bond donors (Lipinski definition) is 0. The molecule has 0 N–H and O–H groups in total. The van der Waals surface area contributed by atoms with E-state index >= 15 is 0 Å². The van der Waals surface area contributed by atoms with E-state index < -0.39 is 0 Å². The first-order chi connectivity index (χ1) is 19.7. The second-order valence-corrected chi connectivity index (χ2v) is 12.0. The van der Waals surface area contributed by atoms with Crippen LogP contribution < -0.4 is 15.2 Å². The summed E-state index contributed by atoms with van der Waals surface area (Å²) in [5, 5.41) is 0.868. The first-order valence-corrected chi connectivity index (χ1v) is 15.4. The molecule has 43 heavy (non-hydrogen) atoms. The minimum atomic E-state index is 0. The van der Waals surface area contributed by atoms with E-state index in [-0.39, 0.29) is 42.8 Å². The van der Waals surface area contributed by atoms with Crippen molar-refractivity contribution in [3.8, 4) is 5.75 Å². The second-order valence-electron chi connectivity index (χ2n) is 10.9. The Hall–Kier alpha value is -2.33. The molecule has 2 aliphatic heterocycles. The Morgan fingerprint density at radius 2 is 1.58 bits per heavy atom. The summed E-state index contributed by atoms with van der Waals surface area (Å²) in [6, 6.07) is 19.0. The highest BCUT2D eigenvalue weighted by molar-refractivity contribution is 7.18. The molecule has 0 spiro atoms. The number of aromatic nitrogens is 2. The number of aryl methyl sites for hydroxylation is 1. The van der Waals surface area contributed by atoms with E-state index in [0.29, 0.717) is 6.54 Å². The van der Waals surface area contributed by atoms with Crippen LogP contribution in [0.2, 0.25) is 0 Å². The molecule has 11 heteroatoms. The Morgan fingerprint density at radius 3 is 2.35 bits per heavy atom. The zero-order valence-corrected chi connectivity index (χ0v) is 27.9. The van der Waals surface area contributed by atoms with Gasteiger partial charge in [-0.05, 0) is 55.5 Å². The molecular weight excluding hydrogens is 625 g/mol. The molecule has 0 saturated carbocycles. The van der Waals surface area contributed by atoms with Crippen LogP contribution in [0.1, 0.15) is 28.8 Å². The maximum Gasteiger partial charge on any atom is 0.262 e. The summed E-state index contributed by atoms with van der Waals surface area (Å²) in [7, 11) is 1.73. The molecule has 6 rings (SSSR count). The van der Waals surface area contributed by atoms with Crippen molar-refractivity contribution in [2.75, 3.05) is 57.8 Å². The van der Waals surface area contributed by atoms with Gasteiger partial charge in [0.15, 0.2) is 0 Å². The molecule has 2 aromatic carbocycles. The van der Waals surface area contributed by atoms with Gasteiger partial charge in [-0.3, -0.25) is 19.2 Å². The Labute approximate surface area is 277 Å². The number of hydrogen-bond acceptors (Lipinski definition) is 7. The van der Waals surface area contributed by atoms with Crippen LogP contribution in [0.25, 0.3) is 10.2 Å². The maximum absolute atomic E-state index is 13.5. The van der Waals surface area contributed by atoms with Crippen LogP contribution in [0, 0.1) is 0 Å². The Morgan fingerprint density at radius 1 is 0.837 bits per heavy atom. The monoisotopic (exact) mass is 665 g/mol. The molecule has 0 amide bonds. The minimum absolute atomic E-state index is 0. The summed E-state index contributed by atoms with van der Waals surface area (Å²) in [6.07, 6.45) is 6.26. The highest BCUT2D eigenvalue weighted by atomic mass is 35.5. The molecule has 0 unspecified atom stereocenters. The average molecular weight is 667 g/mol. The number of methoxy groups -OCH3 is 1. The molecular formula is C32H42Cl3N5O2S. The molecule has 4 heterocycles. The van der Waals surface area contributed by atoms with E-state index in [1.807, 2.05) is 16.7 Å². The van der Waals surface area contributed by atoms with Crippen molar-refractivity contribution < 1.29 is 4.74 Å². The molecule has 2 aromatic heterocycles. The summed E-state index contributed by atoms with van der Waals surface area (Å²) < 4.78 is 7.38. The summed E-state index contributed by atoms with van der Waals surface area (Å²) in [6.45, 7) is 8.45. The predicted octanol–water partition coefficient (Wildman–Crippen LogP) is 5.94. The van der Waals surface area contributed by atoms with Crippen LogP contribution in [0.5, 0.6) is 5.75 Å². The number of halogens is 3. The van der Waals surface area contributed by atoms with Crippen LogP contribution in [0.15, 0.2) is 65.7 Å². The summed E-state index contributed by atoms with van der Waals surface area (Å²) in [4.78, 5) is 27.9. The number of fused-ring (bicyclic) bond motifs is 3. The summed E-state index contributed by atoms with van der Waals surface area (Å²) in [5.74, 6) is 0.923. The van der Waals surface area contributed by atoms with Gasteiger partial charge >= 0.3 is 0 Å². The van der Waals surface area contributed by atoms with Gasteiger partial charge in [0.1, 0.15) is 10.6 Å².